The molecule has 138 valence electrons. The van der Waals surface area contributed by atoms with Crippen molar-refractivity contribution in [2.24, 2.45) is 0 Å². The van der Waals surface area contributed by atoms with Gasteiger partial charge in [-0.15, -0.1) is 5.10 Å². The summed E-state index contributed by atoms with van der Waals surface area (Å²) < 4.78 is 6.95. The summed E-state index contributed by atoms with van der Waals surface area (Å²) in [4.78, 5) is 0. The van der Waals surface area contributed by atoms with E-state index in [-0.39, 0.29) is 0 Å². The first kappa shape index (κ1) is 16.7. The standard InChI is InChI=1S/C23H19N3O2/c1-28-17-12-10-16(11-13-17)14-26-15-22(24-25-26)23(27)20-8-4-2-6-18(20)19-7-3-5-9-21(19)23/h2-13,15,27H,14H2,1H3. The lowest BCUT2D eigenvalue weighted by molar-refractivity contribution is 0.125. The normalized spacial score (nSPS) is 13.8. The molecule has 0 bridgehead atoms. The van der Waals surface area contributed by atoms with Crippen LogP contribution in [0.1, 0.15) is 22.4 Å². The second kappa shape index (κ2) is 6.32. The fourth-order valence-corrected chi connectivity index (χ4v) is 3.95. The van der Waals surface area contributed by atoms with Crippen molar-refractivity contribution in [3.8, 4) is 16.9 Å². The summed E-state index contributed by atoms with van der Waals surface area (Å²) in [5, 5.41) is 20.4. The lowest BCUT2D eigenvalue weighted by atomic mass is 9.88. The zero-order valence-corrected chi connectivity index (χ0v) is 15.4. The highest BCUT2D eigenvalue weighted by Crippen LogP contribution is 2.49. The highest BCUT2D eigenvalue weighted by molar-refractivity contribution is 5.81. The SMILES string of the molecule is COc1ccc(Cn2cc(C3(O)c4ccccc4-c4ccccc43)nn2)cc1. The molecule has 0 saturated carbocycles. The van der Waals surface area contributed by atoms with Gasteiger partial charge >= 0.3 is 0 Å². The Kier molecular flexibility index (Phi) is 3.77. The van der Waals surface area contributed by atoms with E-state index in [2.05, 4.69) is 10.3 Å². The van der Waals surface area contributed by atoms with E-state index >= 15 is 0 Å². The molecule has 1 N–H and O–H groups in total. The van der Waals surface area contributed by atoms with Crippen LogP contribution in [-0.2, 0) is 12.1 Å². The quantitative estimate of drug-likeness (QED) is 0.597. The van der Waals surface area contributed by atoms with Crippen LogP contribution >= 0.6 is 0 Å². The summed E-state index contributed by atoms with van der Waals surface area (Å²) in [7, 11) is 1.65. The van der Waals surface area contributed by atoms with Crippen molar-refractivity contribution in [3.63, 3.8) is 0 Å². The highest BCUT2D eigenvalue weighted by Gasteiger charge is 2.44. The molecule has 28 heavy (non-hydrogen) atoms. The number of benzene rings is 3. The maximum atomic E-state index is 11.8. The molecule has 0 aliphatic heterocycles. The van der Waals surface area contributed by atoms with Crippen molar-refractivity contribution in [2.45, 2.75) is 12.1 Å². The van der Waals surface area contributed by atoms with Crippen LogP contribution in [0, 0.1) is 0 Å². The van der Waals surface area contributed by atoms with Crippen LogP contribution in [-0.4, -0.2) is 27.2 Å². The molecule has 1 heterocycles. The van der Waals surface area contributed by atoms with Crippen LogP contribution < -0.4 is 4.74 Å². The predicted octanol–water partition coefficient (Wildman–Crippen LogP) is 3.60. The van der Waals surface area contributed by atoms with Crippen molar-refractivity contribution >= 4 is 0 Å². The Morgan fingerprint density at radius 2 is 1.50 bits per heavy atom. The highest BCUT2D eigenvalue weighted by atomic mass is 16.5. The summed E-state index contributed by atoms with van der Waals surface area (Å²) in [6, 6.07) is 23.7. The average Bonchev–Trinajstić information content (AvgIpc) is 3.32. The van der Waals surface area contributed by atoms with Gasteiger partial charge in [-0.25, -0.2) is 4.68 Å². The molecule has 1 aliphatic carbocycles. The summed E-state index contributed by atoms with van der Waals surface area (Å²) in [6.45, 7) is 0.566. The van der Waals surface area contributed by atoms with Crippen LogP contribution in [0.2, 0.25) is 0 Å². The number of fused-ring (bicyclic) bond motifs is 3. The first-order chi connectivity index (χ1) is 13.7. The lowest BCUT2D eigenvalue weighted by Gasteiger charge is -2.23. The molecule has 5 rings (SSSR count). The van der Waals surface area contributed by atoms with Crippen molar-refractivity contribution in [2.75, 3.05) is 7.11 Å². The van der Waals surface area contributed by atoms with E-state index in [0.717, 1.165) is 33.6 Å². The van der Waals surface area contributed by atoms with Crippen molar-refractivity contribution in [1.82, 2.24) is 15.0 Å². The van der Waals surface area contributed by atoms with E-state index in [1.54, 1.807) is 11.8 Å². The third-order valence-corrected chi connectivity index (χ3v) is 5.34. The van der Waals surface area contributed by atoms with Crippen molar-refractivity contribution in [3.05, 3.63) is 101 Å². The zero-order chi connectivity index (χ0) is 19.1. The van der Waals surface area contributed by atoms with Gasteiger partial charge in [0.25, 0.3) is 0 Å². The maximum absolute atomic E-state index is 11.8. The topological polar surface area (TPSA) is 60.2 Å². The smallest absolute Gasteiger partial charge is 0.161 e. The number of methoxy groups -OCH3 is 1. The summed E-state index contributed by atoms with van der Waals surface area (Å²) >= 11 is 0. The van der Waals surface area contributed by atoms with Gasteiger partial charge in [-0.2, -0.15) is 0 Å². The van der Waals surface area contributed by atoms with Crippen LogP contribution in [0.3, 0.4) is 0 Å². The molecule has 5 heteroatoms. The predicted molar refractivity (Wildman–Crippen MR) is 106 cm³/mol. The summed E-state index contributed by atoms with van der Waals surface area (Å²) in [6.07, 6.45) is 1.82. The minimum absolute atomic E-state index is 0.526. The Hall–Kier alpha value is -3.44. The van der Waals surface area contributed by atoms with E-state index in [1.165, 1.54) is 0 Å². The molecule has 5 nitrogen and oxygen atoms in total. The third-order valence-electron chi connectivity index (χ3n) is 5.34. The van der Waals surface area contributed by atoms with Crippen LogP contribution in [0.25, 0.3) is 11.1 Å². The van der Waals surface area contributed by atoms with E-state index in [0.29, 0.717) is 12.2 Å². The van der Waals surface area contributed by atoms with Gasteiger partial charge < -0.3 is 9.84 Å². The third kappa shape index (κ3) is 2.44. The van der Waals surface area contributed by atoms with E-state index in [9.17, 15) is 5.11 Å². The fraction of sp³-hybridized carbons (Fsp3) is 0.130. The Morgan fingerprint density at radius 3 is 2.11 bits per heavy atom. The summed E-state index contributed by atoms with van der Waals surface area (Å²) in [5.74, 6) is 0.816. The number of nitrogens with zero attached hydrogens (tertiary/aromatic N) is 3. The molecular formula is C23H19N3O2. The second-order valence-electron chi connectivity index (χ2n) is 6.95. The molecule has 0 radical (unpaired) electrons. The fourth-order valence-electron chi connectivity index (χ4n) is 3.95. The molecule has 3 aromatic carbocycles. The number of ether oxygens (including phenoxy) is 1. The summed E-state index contributed by atoms with van der Waals surface area (Å²) in [5.41, 5.74) is 4.05. The molecule has 0 atom stereocenters. The molecule has 0 spiro atoms. The molecule has 0 saturated heterocycles. The van der Waals surface area contributed by atoms with Gasteiger partial charge in [0.05, 0.1) is 19.9 Å². The number of aromatic nitrogens is 3. The van der Waals surface area contributed by atoms with Gasteiger partial charge in [-0.05, 0) is 28.8 Å². The van der Waals surface area contributed by atoms with Gasteiger partial charge in [0.2, 0.25) is 0 Å². The van der Waals surface area contributed by atoms with Crippen LogP contribution in [0.15, 0.2) is 79.0 Å². The molecule has 1 aromatic heterocycles. The van der Waals surface area contributed by atoms with Crippen LogP contribution in [0.4, 0.5) is 0 Å². The van der Waals surface area contributed by atoms with Gasteiger partial charge in [0, 0.05) is 11.1 Å². The Bertz CT molecular complexity index is 1100. The number of aliphatic hydroxyl groups is 1. The van der Waals surface area contributed by atoms with Crippen molar-refractivity contribution in [1.29, 1.82) is 0 Å². The Morgan fingerprint density at radius 1 is 0.893 bits per heavy atom. The van der Waals surface area contributed by atoms with Gasteiger partial charge in [-0.1, -0.05) is 65.9 Å². The average molecular weight is 369 g/mol. The minimum Gasteiger partial charge on any atom is -0.497 e. The molecule has 0 fully saturated rings. The molecule has 1 aliphatic rings. The monoisotopic (exact) mass is 369 g/mol. The largest absolute Gasteiger partial charge is 0.497 e. The van der Waals surface area contributed by atoms with Crippen LogP contribution in [0.5, 0.6) is 5.75 Å². The number of hydrogen-bond donors (Lipinski definition) is 1. The molecule has 4 aromatic rings. The lowest BCUT2D eigenvalue weighted by Crippen LogP contribution is -2.26. The van der Waals surface area contributed by atoms with E-state index in [4.69, 9.17) is 4.74 Å². The maximum Gasteiger partial charge on any atom is 0.161 e. The van der Waals surface area contributed by atoms with E-state index in [1.807, 2.05) is 79.0 Å². The molecular weight excluding hydrogens is 350 g/mol. The van der Waals surface area contributed by atoms with Gasteiger partial charge in [-0.3, -0.25) is 0 Å². The van der Waals surface area contributed by atoms with E-state index < -0.39 is 5.60 Å². The Labute approximate surface area is 162 Å². The minimum atomic E-state index is -1.30. The first-order valence-electron chi connectivity index (χ1n) is 9.15. The second-order valence-corrected chi connectivity index (χ2v) is 6.95. The zero-order valence-electron chi connectivity index (χ0n) is 15.4. The first-order valence-corrected chi connectivity index (χ1v) is 9.15. The van der Waals surface area contributed by atoms with Crippen molar-refractivity contribution < 1.29 is 9.84 Å². The number of rotatable bonds is 4. The number of hydrogen-bond acceptors (Lipinski definition) is 4. The van der Waals surface area contributed by atoms with Gasteiger partial charge in [0.1, 0.15) is 11.4 Å². The molecule has 0 unspecified atom stereocenters. The molecule has 0 amide bonds. The van der Waals surface area contributed by atoms with Gasteiger partial charge in [0.15, 0.2) is 5.60 Å². The Balaban J connectivity index is 1.54.